The number of hydrogen-bond donors (Lipinski definition) is 2. The Balaban J connectivity index is 1.68. The Kier molecular flexibility index (Phi) is 5.61. The van der Waals surface area contributed by atoms with Crippen LogP contribution < -0.4 is 16.7 Å². The number of allylic oxidation sites excluding steroid dienone is 1. The number of rotatable bonds is 6. The Labute approximate surface area is 178 Å². The van der Waals surface area contributed by atoms with Gasteiger partial charge in [-0.1, -0.05) is 66.2 Å². The second-order valence-electron chi connectivity index (χ2n) is 7.16. The molecule has 0 aliphatic carbocycles. The summed E-state index contributed by atoms with van der Waals surface area (Å²) in [5.74, 6) is 0.367. The van der Waals surface area contributed by atoms with E-state index in [2.05, 4.69) is 20.5 Å². The number of anilines is 1. The summed E-state index contributed by atoms with van der Waals surface area (Å²) in [5, 5.41) is 4.21. The van der Waals surface area contributed by atoms with Gasteiger partial charge in [0, 0.05) is 13.3 Å². The van der Waals surface area contributed by atoms with E-state index in [9.17, 15) is 9.59 Å². The number of hydrazone groups is 1. The van der Waals surface area contributed by atoms with Crippen LogP contribution >= 0.6 is 0 Å². The fraction of sp³-hybridized carbons (Fsp3) is 0.130. The maximum Gasteiger partial charge on any atom is 0.329 e. The average Bonchev–Trinajstić information content (AvgIpc) is 3.13. The molecule has 8 heteroatoms. The summed E-state index contributed by atoms with van der Waals surface area (Å²) in [7, 11) is 1.57. The number of aryl methyl sites for hydroxylation is 2. The van der Waals surface area contributed by atoms with Crippen molar-refractivity contribution in [2.45, 2.75) is 13.5 Å². The zero-order chi connectivity index (χ0) is 21.8. The van der Waals surface area contributed by atoms with Gasteiger partial charge in [0.25, 0.3) is 5.56 Å². The van der Waals surface area contributed by atoms with Crippen LogP contribution in [0.25, 0.3) is 17.2 Å². The summed E-state index contributed by atoms with van der Waals surface area (Å²) in [6.07, 6.45) is 5.33. The van der Waals surface area contributed by atoms with Crippen LogP contribution in [0.15, 0.2) is 75.4 Å². The minimum Gasteiger partial charge on any atom is -0.298 e. The summed E-state index contributed by atoms with van der Waals surface area (Å²) in [4.78, 5) is 31.4. The topological polar surface area (TPSA) is 97.1 Å². The van der Waals surface area contributed by atoms with Gasteiger partial charge >= 0.3 is 5.69 Å². The monoisotopic (exact) mass is 414 g/mol. The maximum atomic E-state index is 12.6. The van der Waals surface area contributed by atoms with E-state index in [0.29, 0.717) is 23.7 Å². The van der Waals surface area contributed by atoms with Gasteiger partial charge in [-0.25, -0.2) is 10.2 Å². The summed E-state index contributed by atoms with van der Waals surface area (Å²) in [6.45, 7) is 2.41. The van der Waals surface area contributed by atoms with Crippen LogP contribution in [-0.4, -0.2) is 25.3 Å². The lowest BCUT2D eigenvalue weighted by Crippen LogP contribution is -2.29. The van der Waals surface area contributed by atoms with Gasteiger partial charge in [-0.2, -0.15) is 10.1 Å². The third-order valence-corrected chi connectivity index (χ3v) is 4.88. The zero-order valence-electron chi connectivity index (χ0n) is 17.2. The molecule has 0 amide bonds. The van der Waals surface area contributed by atoms with Gasteiger partial charge in [0.05, 0.1) is 6.54 Å². The molecule has 4 rings (SSSR count). The van der Waals surface area contributed by atoms with Crippen molar-refractivity contribution in [3.05, 3.63) is 98.2 Å². The number of fused-ring (bicyclic) bond motifs is 1. The first-order chi connectivity index (χ1) is 15.0. The van der Waals surface area contributed by atoms with Gasteiger partial charge < -0.3 is 0 Å². The largest absolute Gasteiger partial charge is 0.329 e. The van der Waals surface area contributed by atoms with Gasteiger partial charge in [0.15, 0.2) is 11.2 Å². The van der Waals surface area contributed by atoms with Crippen LogP contribution in [0.3, 0.4) is 0 Å². The van der Waals surface area contributed by atoms with Crippen molar-refractivity contribution in [3.63, 3.8) is 0 Å². The van der Waals surface area contributed by atoms with E-state index in [1.165, 1.54) is 4.57 Å². The van der Waals surface area contributed by atoms with Crippen LogP contribution in [0.4, 0.5) is 5.95 Å². The lowest BCUT2D eigenvalue weighted by Gasteiger charge is -2.08. The molecule has 156 valence electrons. The van der Waals surface area contributed by atoms with Crippen LogP contribution in [-0.2, 0) is 13.6 Å². The maximum absolute atomic E-state index is 12.6. The number of aromatic nitrogens is 4. The summed E-state index contributed by atoms with van der Waals surface area (Å²) in [6, 6.07) is 17.9. The van der Waals surface area contributed by atoms with E-state index >= 15 is 0 Å². The summed E-state index contributed by atoms with van der Waals surface area (Å²) >= 11 is 0. The molecule has 0 aliphatic heterocycles. The lowest BCUT2D eigenvalue weighted by atomic mass is 10.1. The molecule has 31 heavy (non-hydrogen) atoms. The fourth-order valence-corrected chi connectivity index (χ4v) is 3.21. The lowest BCUT2D eigenvalue weighted by molar-refractivity contribution is 0.808. The van der Waals surface area contributed by atoms with Crippen molar-refractivity contribution in [1.29, 1.82) is 0 Å². The molecule has 0 aliphatic rings. The number of H-pyrrole nitrogens is 1. The van der Waals surface area contributed by atoms with E-state index in [0.717, 1.165) is 16.7 Å². The minimum atomic E-state index is -0.515. The van der Waals surface area contributed by atoms with E-state index in [-0.39, 0.29) is 0 Å². The first-order valence-corrected chi connectivity index (χ1v) is 9.79. The standard InChI is InChI=1S/C23H22N6O2/c1-16-10-12-18(13-11-16)15-29-19-20(28(2)23(31)26-21(19)30)25-22(29)27-24-14-6-9-17-7-4-3-5-8-17/h3-14H,15H2,1-2H3,(H,25,27)(H,26,30,31)/b9-6+,24-14+. The van der Waals surface area contributed by atoms with Gasteiger partial charge in [-0.3, -0.25) is 18.9 Å². The molecule has 0 fully saturated rings. The van der Waals surface area contributed by atoms with Crippen molar-refractivity contribution in [2.24, 2.45) is 12.1 Å². The SMILES string of the molecule is Cc1ccc(Cn2c(N/N=C/C=C/c3ccccc3)nc3c2c(=O)[nH]c(=O)n3C)cc1. The summed E-state index contributed by atoms with van der Waals surface area (Å²) in [5.41, 5.74) is 5.69. The van der Waals surface area contributed by atoms with Gasteiger partial charge in [-0.05, 0) is 24.1 Å². The van der Waals surface area contributed by atoms with Crippen molar-refractivity contribution >= 4 is 29.4 Å². The van der Waals surface area contributed by atoms with E-state index in [1.54, 1.807) is 23.9 Å². The number of imidazole rings is 1. The molecule has 0 unspecified atom stereocenters. The predicted molar refractivity (Wildman–Crippen MR) is 123 cm³/mol. The molecule has 0 radical (unpaired) electrons. The molecule has 2 aromatic heterocycles. The molecule has 0 bridgehead atoms. The van der Waals surface area contributed by atoms with Crippen LogP contribution in [0.1, 0.15) is 16.7 Å². The van der Waals surface area contributed by atoms with E-state index < -0.39 is 11.2 Å². The van der Waals surface area contributed by atoms with Crippen molar-refractivity contribution < 1.29 is 0 Å². The Bertz CT molecular complexity index is 1380. The van der Waals surface area contributed by atoms with E-state index in [4.69, 9.17) is 0 Å². The number of nitrogens with zero attached hydrogens (tertiary/aromatic N) is 4. The summed E-state index contributed by atoms with van der Waals surface area (Å²) < 4.78 is 3.03. The number of aromatic amines is 1. The van der Waals surface area contributed by atoms with E-state index in [1.807, 2.05) is 67.6 Å². The van der Waals surface area contributed by atoms with Gasteiger partial charge in [0.2, 0.25) is 5.95 Å². The highest BCUT2D eigenvalue weighted by Crippen LogP contribution is 2.18. The molecule has 0 spiro atoms. The predicted octanol–water partition coefficient (Wildman–Crippen LogP) is 2.89. The number of nitrogens with one attached hydrogen (secondary N) is 2. The smallest absolute Gasteiger partial charge is 0.298 e. The molecular formula is C23H22N6O2. The van der Waals surface area contributed by atoms with Gasteiger partial charge in [-0.15, -0.1) is 0 Å². The average molecular weight is 414 g/mol. The van der Waals surface area contributed by atoms with Crippen molar-refractivity contribution in [2.75, 3.05) is 5.43 Å². The Hall–Kier alpha value is -4.20. The highest BCUT2D eigenvalue weighted by Gasteiger charge is 2.17. The highest BCUT2D eigenvalue weighted by molar-refractivity contribution is 5.79. The molecule has 4 aromatic rings. The number of hydrogen-bond acceptors (Lipinski definition) is 5. The van der Waals surface area contributed by atoms with Crippen molar-refractivity contribution in [1.82, 2.24) is 19.1 Å². The molecule has 0 atom stereocenters. The molecule has 0 saturated carbocycles. The fourth-order valence-electron chi connectivity index (χ4n) is 3.21. The first-order valence-electron chi connectivity index (χ1n) is 9.79. The van der Waals surface area contributed by atoms with Crippen LogP contribution in [0.2, 0.25) is 0 Å². The van der Waals surface area contributed by atoms with Crippen LogP contribution in [0, 0.1) is 6.92 Å². The second-order valence-corrected chi connectivity index (χ2v) is 7.16. The Morgan fingerprint density at radius 3 is 2.58 bits per heavy atom. The third kappa shape index (κ3) is 4.37. The molecule has 8 nitrogen and oxygen atoms in total. The molecule has 2 N–H and O–H groups in total. The molecule has 0 saturated heterocycles. The Morgan fingerprint density at radius 1 is 1.10 bits per heavy atom. The van der Waals surface area contributed by atoms with Crippen molar-refractivity contribution in [3.8, 4) is 0 Å². The molecule has 2 heterocycles. The minimum absolute atomic E-state index is 0.290. The highest BCUT2D eigenvalue weighted by atomic mass is 16.2. The van der Waals surface area contributed by atoms with Crippen LogP contribution in [0.5, 0.6) is 0 Å². The molecular weight excluding hydrogens is 392 g/mol. The molecule has 2 aromatic carbocycles. The second kappa shape index (κ2) is 8.66. The quantitative estimate of drug-likeness (QED) is 0.374. The third-order valence-electron chi connectivity index (χ3n) is 4.88. The number of benzene rings is 2. The zero-order valence-corrected chi connectivity index (χ0v) is 17.2. The Morgan fingerprint density at radius 2 is 1.84 bits per heavy atom. The normalized spacial score (nSPS) is 11.7. The van der Waals surface area contributed by atoms with Gasteiger partial charge in [0.1, 0.15) is 0 Å². The first kappa shape index (κ1) is 20.1.